The third-order valence-corrected chi connectivity index (χ3v) is 4.06. The van der Waals surface area contributed by atoms with E-state index in [1.165, 1.54) is 11.1 Å². The van der Waals surface area contributed by atoms with Crippen LogP contribution in [-0.2, 0) is 13.1 Å². The molecule has 0 amide bonds. The van der Waals surface area contributed by atoms with Crippen molar-refractivity contribution in [2.75, 3.05) is 0 Å². The summed E-state index contributed by atoms with van der Waals surface area (Å²) in [5, 5.41) is 7.73. The standard InChI is InChI=1S/C14H17BrIN3/c1-10(2)17-6-11-3-4-12(14(15)5-11)8-19-9-13(16)7-18-19/h3-5,7,9-10,17H,6,8H2,1-2H3. The Morgan fingerprint density at radius 3 is 2.79 bits per heavy atom. The predicted octanol–water partition coefficient (Wildman–Crippen LogP) is 3.80. The molecule has 1 N–H and O–H groups in total. The van der Waals surface area contributed by atoms with E-state index in [-0.39, 0.29) is 0 Å². The number of aromatic nitrogens is 2. The molecule has 0 spiro atoms. The second-order valence-electron chi connectivity index (χ2n) is 4.82. The van der Waals surface area contributed by atoms with Crippen molar-refractivity contribution < 1.29 is 0 Å². The summed E-state index contributed by atoms with van der Waals surface area (Å²) in [6.07, 6.45) is 3.91. The van der Waals surface area contributed by atoms with Crippen LogP contribution in [0.3, 0.4) is 0 Å². The van der Waals surface area contributed by atoms with E-state index in [1.54, 1.807) is 0 Å². The van der Waals surface area contributed by atoms with Gasteiger partial charge in [-0.3, -0.25) is 4.68 Å². The molecule has 3 nitrogen and oxygen atoms in total. The van der Waals surface area contributed by atoms with Gasteiger partial charge in [-0.15, -0.1) is 0 Å². The molecule has 1 heterocycles. The molecule has 2 rings (SSSR count). The Hall–Kier alpha value is -0.400. The first-order valence-electron chi connectivity index (χ1n) is 6.23. The lowest BCUT2D eigenvalue weighted by Gasteiger charge is -2.10. The first-order chi connectivity index (χ1) is 9.04. The summed E-state index contributed by atoms with van der Waals surface area (Å²) < 4.78 is 4.25. The lowest BCUT2D eigenvalue weighted by molar-refractivity contribution is 0.588. The molecular weight excluding hydrogens is 417 g/mol. The monoisotopic (exact) mass is 433 g/mol. The van der Waals surface area contributed by atoms with E-state index >= 15 is 0 Å². The molecule has 19 heavy (non-hydrogen) atoms. The summed E-state index contributed by atoms with van der Waals surface area (Å²) in [4.78, 5) is 0. The molecule has 0 aliphatic heterocycles. The van der Waals surface area contributed by atoms with Crippen LogP contribution in [0.15, 0.2) is 35.1 Å². The van der Waals surface area contributed by atoms with E-state index < -0.39 is 0 Å². The van der Waals surface area contributed by atoms with Gasteiger partial charge in [0.25, 0.3) is 0 Å². The molecular formula is C14H17BrIN3. The lowest BCUT2D eigenvalue weighted by Crippen LogP contribution is -2.21. The largest absolute Gasteiger partial charge is 0.310 e. The minimum absolute atomic E-state index is 0.504. The van der Waals surface area contributed by atoms with Crippen molar-refractivity contribution in [3.8, 4) is 0 Å². The zero-order valence-corrected chi connectivity index (χ0v) is 14.8. The van der Waals surface area contributed by atoms with Gasteiger partial charge >= 0.3 is 0 Å². The lowest BCUT2D eigenvalue weighted by atomic mass is 10.1. The van der Waals surface area contributed by atoms with Crippen LogP contribution in [0.4, 0.5) is 0 Å². The van der Waals surface area contributed by atoms with E-state index in [2.05, 4.69) is 81.0 Å². The minimum atomic E-state index is 0.504. The van der Waals surface area contributed by atoms with Gasteiger partial charge in [-0.05, 0) is 39.8 Å². The molecule has 1 aromatic heterocycles. The number of hydrogen-bond donors (Lipinski definition) is 1. The molecule has 102 valence electrons. The Morgan fingerprint density at radius 1 is 1.42 bits per heavy atom. The first kappa shape index (κ1) is 15.0. The minimum Gasteiger partial charge on any atom is -0.310 e. The van der Waals surface area contributed by atoms with Crippen LogP contribution < -0.4 is 5.32 Å². The van der Waals surface area contributed by atoms with Crippen LogP contribution in [0, 0.1) is 3.57 Å². The van der Waals surface area contributed by atoms with Gasteiger partial charge < -0.3 is 5.32 Å². The maximum atomic E-state index is 4.31. The molecule has 0 radical (unpaired) electrons. The Balaban J connectivity index is 2.06. The zero-order valence-electron chi connectivity index (χ0n) is 11.0. The molecule has 1 aromatic carbocycles. The Morgan fingerprint density at radius 2 is 2.21 bits per heavy atom. The average molecular weight is 434 g/mol. The number of halogens is 2. The zero-order chi connectivity index (χ0) is 13.8. The van der Waals surface area contributed by atoms with Crippen molar-refractivity contribution in [1.29, 1.82) is 0 Å². The summed E-state index contributed by atoms with van der Waals surface area (Å²) in [5.41, 5.74) is 2.53. The van der Waals surface area contributed by atoms with Crippen molar-refractivity contribution in [3.05, 3.63) is 49.8 Å². The SMILES string of the molecule is CC(C)NCc1ccc(Cn2cc(I)cn2)c(Br)c1. The molecule has 2 aromatic rings. The third kappa shape index (κ3) is 4.57. The number of nitrogens with one attached hydrogen (secondary N) is 1. The molecule has 0 aliphatic carbocycles. The summed E-state index contributed by atoms with van der Waals surface area (Å²) in [7, 11) is 0. The second-order valence-corrected chi connectivity index (χ2v) is 6.92. The summed E-state index contributed by atoms with van der Waals surface area (Å²) in [5.74, 6) is 0. The maximum Gasteiger partial charge on any atom is 0.0670 e. The fraction of sp³-hybridized carbons (Fsp3) is 0.357. The Kier molecular flexibility index (Phi) is 5.41. The number of hydrogen-bond acceptors (Lipinski definition) is 2. The molecule has 0 aliphatic rings. The van der Waals surface area contributed by atoms with E-state index in [4.69, 9.17) is 0 Å². The highest BCUT2D eigenvalue weighted by Gasteiger charge is 2.04. The Labute approximate surface area is 136 Å². The molecule has 0 saturated heterocycles. The van der Waals surface area contributed by atoms with Gasteiger partial charge in [0.2, 0.25) is 0 Å². The summed E-state index contributed by atoms with van der Waals surface area (Å²) >= 11 is 5.92. The van der Waals surface area contributed by atoms with Gasteiger partial charge in [0.1, 0.15) is 0 Å². The molecule has 0 saturated carbocycles. The molecule has 0 atom stereocenters. The highest BCUT2D eigenvalue weighted by molar-refractivity contribution is 14.1. The topological polar surface area (TPSA) is 29.9 Å². The van der Waals surface area contributed by atoms with E-state index in [9.17, 15) is 0 Å². The van der Waals surface area contributed by atoms with Crippen LogP contribution in [0.1, 0.15) is 25.0 Å². The summed E-state index contributed by atoms with van der Waals surface area (Å²) in [6.45, 7) is 6.00. The van der Waals surface area contributed by atoms with Crippen LogP contribution in [0.5, 0.6) is 0 Å². The van der Waals surface area contributed by atoms with Crippen LogP contribution in [0.25, 0.3) is 0 Å². The fourth-order valence-corrected chi connectivity index (χ4v) is 2.75. The second kappa shape index (κ2) is 6.85. The van der Waals surface area contributed by atoms with E-state index in [0.717, 1.165) is 21.1 Å². The smallest absolute Gasteiger partial charge is 0.0670 e. The van der Waals surface area contributed by atoms with Gasteiger partial charge in [-0.2, -0.15) is 5.10 Å². The van der Waals surface area contributed by atoms with Gasteiger partial charge in [-0.25, -0.2) is 0 Å². The molecule has 0 unspecified atom stereocenters. The third-order valence-electron chi connectivity index (χ3n) is 2.77. The van der Waals surface area contributed by atoms with Gasteiger partial charge in [-0.1, -0.05) is 41.9 Å². The number of nitrogens with zero attached hydrogens (tertiary/aromatic N) is 2. The van der Waals surface area contributed by atoms with Crippen molar-refractivity contribution in [2.24, 2.45) is 0 Å². The molecule has 0 fully saturated rings. The molecule has 0 bridgehead atoms. The van der Waals surface area contributed by atoms with E-state index in [0.29, 0.717) is 6.04 Å². The Bertz CT molecular complexity index is 551. The van der Waals surface area contributed by atoms with Crippen LogP contribution in [-0.4, -0.2) is 15.8 Å². The van der Waals surface area contributed by atoms with Gasteiger partial charge in [0, 0.05) is 23.3 Å². The van der Waals surface area contributed by atoms with Crippen molar-refractivity contribution in [3.63, 3.8) is 0 Å². The highest BCUT2D eigenvalue weighted by Crippen LogP contribution is 2.20. The summed E-state index contributed by atoms with van der Waals surface area (Å²) in [6, 6.07) is 7.02. The quantitative estimate of drug-likeness (QED) is 0.727. The average Bonchev–Trinajstić information content (AvgIpc) is 2.75. The normalized spacial score (nSPS) is 11.2. The van der Waals surface area contributed by atoms with Crippen molar-refractivity contribution in [2.45, 2.75) is 33.0 Å². The van der Waals surface area contributed by atoms with Gasteiger partial charge in [0.05, 0.1) is 16.3 Å². The van der Waals surface area contributed by atoms with Gasteiger partial charge in [0.15, 0.2) is 0 Å². The predicted molar refractivity (Wildman–Crippen MR) is 90.2 cm³/mol. The number of rotatable bonds is 5. The highest BCUT2D eigenvalue weighted by atomic mass is 127. The maximum absolute atomic E-state index is 4.31. The van der Waals surface area contributed by atoms with E-state index in [1.807, 2.05) is 17.1 Å². The first-order valence-corrected chi connectivity index (χ1v) is 8.10. The van der Waals surface area contributed by atoms with Crippen molar-refractivity contribution in [1.82, 2.24) is 15.1 Å². The van der Waals surface area contributed by atoms with Crippen LogP contribution >= 0.6 is 38.5 Å². The fourth-order valence-electron chi connectivity index (χ4n) is 1.75. The van der Waals surface area contributed by atoms with Crippen LogP contribution in [0.2, 0.25) is 0 Å². The number of benzene rings is 1. The molecule has 5 heteroatoms. The van der Waals surface area contributed by atoms with Crippen molar-refractivity contribution >= 4 is 38.5 Å².